The van der Waals surface area contributed by atoms with Crippen LogP contribution in [-0.4, -0.2) is 25.7 Å². The molecule has 0 saturated carbocycles. The summed E-state index contributed by atoms with van der Waals surface area (Å²) in [5, 5.41) is 7.94. The third-order valence-electron chi connectivity index (χ3n) is 5.16. The van der Waals surface area contributed by atoms with Crippen LogP contribution in [0.15, 0.2) is 89.8 Å². The molecule has 0 fully saturated rings. The first-order valence-electron chi connectivity index (χ1n) is 10.2. The van der Waals surface area contributed by atoms with Crippen LogP contribution in [0.25, 0.3) is 22.2 Å². The Bertz CT molecular complexity index is 1470. The first-order valence-corrected chi connectivity index (χ1v) is 10.9. The van der Waals surface area contributed by atoms with Gasteiger partial charge in [-0.1, -0.05) is 34.1 Å². The van der Waals surface area contributed by atoms with Crippen molar-refractivity contribution in [2.45, 2.75) is 6.54 Å². The Morgan fingerprint density at radius 3 is 2.67 bits per heavy atom. The number of fused-ring (bicyclic) bond motifs is 1. The van der Waals surface area contributed by atoms with Gasteiger partial charge in [0.05, 0.1) is 23.3 Å². The molecule has 0 saturated heterocycles. The van der Waals surface area contributed by atoms with E-state index in [9.17, 15) is 9.18 Å². The average molecular weight is 502 g/mol. The number of nitrogens with zero attached hydrogens (tertiary/aromatic N) is 4. The molecule has 1 amide bonds. The van der Waals surface area contributed by atoms with Crippen molar-refractivity contribution in [3.05, 3.63) is 107 Å². The van der Waals surface area contributed by atoms with E-state index in [1.165, 1.54) is 6.07 Å². The van der Waals surface area contributed by atoms with Crippen LogP contribution < -0.4 is 5.32 Å². The van der Waals surface area contributed by atoms with Crippen LogP contribution in [0, 0.1) is 5.82 Å². The minimum atomic E-state index is -0.313. The van der Waals surface area contributed by atoms with Crippen LogP contribution in [0.1, 0.15) is 15.9 Å². The fourth-order valence-corrected chi connectivity index (χ4v) is 3.92. The zero-order chi connectivity index (χ0) is 22.8. The summed E-state index contributed by atoms with van der Waals surface area (Å²) < 4.78 is 16.4. The van der Waals surface area contributed by atoms with Crippen LogP contribution >= 0.6 is 15.9 Å². The van der Waals surface area contributed by atoms with Gasteiger partial charge in [-0.2, -0.15) is 5.10 Å². The van der Waals surface area contributed by atoms with Crippen molar-refractivity contribution in [2.75, 3.05) is 5.32 Å². The number of pyridine rings is 2. The molecular weight excluding hydrogens is 485 g/mol. The predicted octanol–water partition coefficient (Wildman–Crippen LogP) is 5.70. The van der Waals surface area contributed by atoms with Crippen molar-refractivity contribution in [3.8, 4) is 11.3 Å². The molecule has 0 aliphatic heterocycles. The maximum atomic E-state index is 13.9. The molecule has 2 aromatic carbocycles. The van der Waals surface area contributed by atoms with E-state index < -0.39 is 0 Å². The standard InChI is InChI=1S/C25H17BrFN5O/c26-18-5-6-22-19(13-18)20(14-23(29-22)16-7-10-28-11-8-16)25(33)30-24-9-12-32(31-24)15-17-3-1-2-4-21(17)27/h1-14H,15H2,(H,30,31,33). The molecule has 8 heteroatoms. The Balaban J connectivity index is 1.46. The molecule has 3 aromatic heterocycles. The summed E-state index contributed by atoms with van der Waals surface area (Å²) in [5.74, 6) is -0.232. The van der Waals surface area contributed by atoms with Gasteiger partial charge in [0.1, 0.15) is 5.82 Å². The fourth-order valence-electron chi connectivity index (χ4n) is 3.56. The minimum Gasteiger partial charge on any atom is -0.305 e. The summed E-state index contributed by atoms with van der Waals surface area (Å²) in [6, 6.07) is 19.3. The molecular formula is C25H17BrFN5O. The molecule has 1 N–H and O–H groups in total. The van der Waals surface area contributed by atoms with Gasteiger partial charge in [-0.25, -0.2) is 9.37 Å². The molecule has 162 valence electrons. The van der Waals surface area contributed by atoms with Crippen molar-refractivity contribution in [1.29, 1.82) is 0 Å². The Morgan fingerprint density at radius 2 is 1.85 bits per heavy atom. The van der Waals surface area contributed by atoms with Crippen LogP contribution in [0.3, 0.4) is 0 Å². The molecule has 0 unspecified atom stereocenters. The monoisotopic (exact) mass is 501 g/mol. The highest BCUT2D eigenvalue weighted by molar-refractivity contribution is 9.10. The molecule has 0 spiro atoms. The zero-order valence-electron chi connectivity index (χ0n) is 17.2. The molecule has 0 aliphatic rings. The van der Waals surface area contributed by atoms with Crippen molar-refractivity contribution >= 4 is 38.6 Å². The van der Waals surface area contributed by atoms with Gasteiger partial charge in [0.15, 0.2) is 5.82 Å². The summed E-state index contributed by atoms with van der Waals surface area (Å²) in [7, 11) is 0. The highest BCUT2D eigenvalue weighted by atomic mass is 79.9. The summed E-state index contributed by atoms with van der Waals surface area (Å²) in [4.78, 5) is 22.0. The number of carbonyl (C=O) groups excluding carboxylic acids is 1. The number of benzene rings is 2. The summed E-state index contributed by atoms with van der Waals surface area (Å²) in [5.41, 5.74) is 3.21. The van der Waals surface area contributed by atoms with Gasteiger partial charge in [0.2, 0.25) is 0 Å². The maximum Gasteiger partial charge on any atom is 0.257 e. The molecule has 33 heavy (non-hydrogen) atoms. The Hall–Kier alpha value is -3.91. The van der Waals surface area contributed by atoms with E-state index in [1.807, 2.05) is 30.3 Å². The second-order valence-corrected chi connectivity index (χ2v) is 8.31. The quantitative estimate of drug-likeness (QED) is 0.335. The fraction of sp³-hybridized carbons (Fsp3) is 0.0400. The highest BCUT2D eigenvalue weighted by Crippen LogP contribution is 2.27. The SMILES string of the molecule is O=C(Nc1ccn(Cc2ccccc2F)n1)c1cc(-c2ccncc2)nc2ccc(Br)cc12. The molecule has 5 aromatic rings. The largest absolute Gasteiger partial charge is 0.305 e. The highest BCUT2D eigenvalue weighted by Gasteiger charge is 2.16. The summed E-state index contributed by atoms with van der Waals surface area (Å²) >= 11 is 3.47. The molecule has 5 rings (SSSR count). The van der Waals surface area contributed by atoms with Crippen molar-refractivity contribution in [1.82, 2.24) is 19.7 Å². The normalized spacial score (nSPS) is 11.0. The zero-order valence-corrected chi connectivity index (χ0v) is 18.8. The maximum absolute atomic E-state index is 13.9. The van der Waals surface area contributed by atoms with Gasteiger partial charge in [0.25, 0.3) is 5.91 Å². The number of amides is 1. The summed E-state index contributed by atoms with van der Waals surface area (Å²) in [6.45, 7) is 0.264. The van der Waals surface area contributed by atoms with E-state index in [2.05, 4.69) is 31.3 Å². The summed E-state index contributed by atoms with van der Waals surface area (Å²) in [6.07, 6.45) is 5.07. The number of aromatic nitrogens is 4. The molecule has 0 atom stereocenters. The smallest absolute Gasteiger partial charge is 0.257 e. The number of carbonyl (C=O) groups is 1. The predicted molar refractivity (Wildman–Crippen MR) is 128 cm³/mol. The second-order valence-electron chi connectivity index (χ2n) is 7.40. The number of anilines is 1. The van der Waals surface area contributed by atoms with Crippen molar-refractivity contribution < 1.29 is 9.18 Å². The molecule has 0 aliphatic carbocycles. The van der Waals surface area contributed by atoms with E-state index in [4.69, 9.17) is 4.98 Å². The minimum absolute atomic E-state index is 0.264. The topological polar surface area (TPSA) is 72.7 Å². The van der Waals surface area contributed by atoms with E-state index in [-0.39, 0.29) is 18.3 Å². The van der Waals surface area contributed by atoms with Crippen LogP contribution in [-0.2, 0) is 6.54 Å². The lowest BCUT2D eigenvalue weighted by atomic mass is 10.0. The van der Waals surface area contributed by atoms with Crippen molar-refractivity contribution in [3.63, 3.8) is 0 Å². The Labute approximate surface area is 197 Å². The van der Waals surface area contributed by atoms with Crippen LogP contribution in [0.2, 0.25) is 0 Å². The Kier molecular flexibility index (Phi) is 5.66. The number of hydrogen-bond donors (Lipinski definition) is 1. The third kappa shape index (κ3) is 4.51. The molecule has 6 nitrogen and oxygen atoms in total. The average Bonchev–Trinajstić information content (AvgIpc) is 3.27. The van der Waals surface area contributed by atoms with Gasteiger partial charge < -0.3 is 5.32 Å². The lowest BCUT2D eigenvalue weighted by molar-refractivity contribution is 0.102. The molecule has 0 bridgehead atoms. The number of nitrogens with one attached hydrogen (secondary N) is 1. The number of halogens is 2. The molecule has 0 radical (unpaired) electrons. The van der Waals surface area contributed by atoms with E-state index >= 15 is 0 Å². The van der Waals surface area contributed by atoms with Gasteiger partial charge in [0, 0.05) is 45.6 Å². The lowest BCUT2D eigenvalue weighted by Crippen LogP contribution is -2.14. The van der Waals surface area contributed by atoms with Crippen LogP contribution in [0.4, 0.5) is 10.2 Å². The van der Waals surface area contributed by atoms with Gasteiger partial charge >= 0.3 is 0 Å². The van der Waals surface area contributed by atoms with Gasteiger partial charge in [-0.3, -0.25) is 14.5 Å². The lowest BCUT2D eigenvalue weighted by Gasteiger charge is -2.10. The van der Waals surface area contributed by atoms with Crippen molar-refractivity contribution in [2.24, 2.45) is 0 Å². The van der Waals surface area contributed by atoms with Crippen LogP contribution in [0.5, 0.6) is 0 Å². The van der Waals surface area contributed by atoms with Gasteiger partial charge in [-0.15, -0.1) is 0 Å². The number of rotatable bonds is 5. The van der Waals surface area contributed by atoms with E-state index in [1.54, 1.807) is 53.6 Å². The third-order valence-corrected chi connectivity index (χ3v) is 5.66. The molecule has 3 heterocycles. The Morgan fingerprint density at radius 1 is 1.03 bits per heavy atom. The first-order chi connectivity index (χ1) is 16.1. The van der Waals surface area contributed by atoms with E-state index in [0.29, 0.717) is 33.5 Å². The number of hydrogen-bond acceptors (Lipinski definition) is 4. The van der Waals surface area contributed by atoms with Gasteiger partial charge in [-0.05, 0) is 42.5 Å². The van der Waals surface area contributed by atoms with E-state index in [0.717, 1.165) is 10.0 Å². The second kappa shape index (κ2) is 8.91. The first kappa shape index (κ1) is 21.0.